The molecule has 2 fully saturated rings. The van der Waals surface area contributed by atoms with Gasteiger partial charge in [-0.25, -0.2) is 4.79 Å². The van der Waals surface area contributed by atoms with Crippen molar-refractivity contribution in [3.05, 3.63) is 48.0 Å². The molecule has 4 rings (SSSR count). The first kappa shape index (κ1) is 55.4. The minimum Gasteiger partial charge on any atom is -0.480 e. The third kappa shape index (κ3) is 14.0. The Morgan fingerprint density at radius 3 is 2.00 bits per heavy atom. The van der Waals surface area contributed by atoms with E-state index in [1.165, 1.54) is 36.2 Å². The Morgan fingerprint density at radius 2 is 1.47 bits per heavy atom. The van der Waals surface area contributed by atoms with Gasteiger partial charge in [0.25, 0.3) is 11.8 Å². The molecular weight excluding hydrogens is 873 g/mol. The molecule has 1 saturated carbocycles. The van der Waals surface area contributed by atoms with Gasteiger partial charge < -0.3 is 39.9 Å². The van der Waals surface area contributed by atoms with E-state index in [0.29, 0.717) is 38.6 Å². The highest BCUT2D eigenvalue weighted by Gasteiger charge is 2.56. The van der Waals surface area contributed by atoms with E-state index in [0.717, 1.165) is 18.4 Å². The Balaban J connectivity index is 1.45. The Labute approximate surface area is 403 Å². The van der Waals surface area contributed by atoms with Crippen LogP contribution >= 0.6 is 0 Å². The van der Waals surface area contributed by atoms with Gasteiger partial charge in [-0.1, -0.05) is 91.6 Å². The van der Waals surface area contributed by atoms with Crippen LogP contribution in [0.2, 0.25) is 0 Å². The first-order valence-corrected chi connectivity index (χ1v) is 24.4. The lowest BCUT2D eigenvalue weighted by Crippen LogP contribution is -2.60. The number of aliphatic carboxylic acids is 1. The van der Waals surface area contributed by atoms with E-state index in [1.807, 2.05) is 59.7 Å². The highest BCUT2D eigenvalue weighted by atomic mass is 16.5. The summed E-state index contributed by atoms with van der Waals surface area (Å²) in [5.41, 5.74) is 0.672. The van der Waals surface area contributed by atoms with Gasteiger partial charge in [0.1, 0.15) is 18.1 Å². The molecule has 9 atom stereocenters. The minimum atomic E-state index is -1.16. The van der Waals surface area contributed by atoms with Gasteiger partial charge in [-0.2, -0.15) is 0 Å². The molecule has 0 aromatic heterocycles. The largest absolute Gasteiger partial charge is 0.480 e. The lowest BCUT2D eigenvalue weighted by Gasteiger charge is -2.41. The molecule has 17 nitrogen and oxygen atoms in total. The van der Waals surface area contributed by atoms with Crippen LogP contribution in [0, 0.1) is 29.1 Å². The molecule has 1 aromatic carbocycles. The van der Waals surface area contributed by atoms with Crippen molar-refractivity contribution in [2.75, 3.05) is 41.4 Å². The highest BCUT2D eigenvalue weighted by molar-refractivity contribution is 6.12. The summed E-state index contributed by atoms with van der Waals surface area (Å²) >= 11 is 0. The summed E-state index contributed by atoms with van der Waals surface area (Å²) in [5, 5.41) is 15.7. The van der Waals surface area contributed by atoms with Gasteiger partial charge >= 0.3 is 5.97 Å². The van der Waals surface area contributed by atoms with Gasteiger partial charge in [-0.15, -0.1) is 0 Å². The van der Waals surface area contributed by atoms with Crippen molar-refractivity contribution in [2.24, 2.45) is 29.1 Å². The molecule has 1 aromatic rings. The topological polar surface area (TPSA) is 212 Å². The Hall–Kier alpha value is -5.16. The van der Waals surface area contributed by atoms with Crippen LogP contribution in [0.3, 0.4) is 0 Å². The number of nitrogens with one attached hydrogen (secondary N) is 2. The molecule has 2 heterocycles. The van der Waals surface area contributed by atoms with Crippen LogP contribution in [0.25, 0.3) is 0 Å². The Bertz CT molecular complexity index is 1950. The SMILES string of the molecule is CC[C@H](C)[C@@H](C(CC(=O)N1CC2(CC2)C[C@H]1[C@H](OC)C(C)C(=O)NC(Cc1ccccc1)C(=O)O)OC)N(C)C(=O)[C@@H](NC(=O)C(C(C)C)N(C)C(=O)CCCCCN1C(=O)C=CC1=O)C(C)C. The number of likely N-dealkylation sites (N-methyl/N-ethyl adjacent to an activating group) is 2. The number of imide groups is 1. The predicted octanol–water partition coefficient (Wildman–Crippen LogP) is 4.22. The van der Waals surface area contributed by atoms with E-state index in [9.17, 15) is 43.5 Å². The van der Waals surface area contributed by atoms with Gasteiger partial charge in [0.15, 0.2) is 0 Å². The lowest BCUT2D eigenvalue weighted by atomic mass is 9.89. The molecule has 68 heavy (non-hydrogen) atoms. The number of carbonyl (C=O) groups excluding carboxylic acids is 7. The normalized spacial score (nSPS) is 19.9. The summed E-state index contributed by atoms with van der Waals surface area (Å²) < 4.78 is 12.1. The number of amides is 7. The molecule has 0 radical (unpaired) electrons. The fourth-order valence-corrected chi connectivity index (χ4v) is 10.0. The summed E-state index contributed by atoms with van der Waals surface area (Å²) in [6.07, 6.45) is 6.00. The number of ether oxygens (including phenoxy) is 2. The van der Waals surface area contributed by atoms with Crippen molar-refractivity contribution in [1.82, 2.24) is 30.2 Å². The summed E-state index contributed by atoms with van der Waals surface area (Å²) in [4.78, 5) is 113. The predicted molar refractivity (Wildman–Crippen MR) is 255 cm³/mol. The molecule has 0 bridgehead atoms. The Morgan fingerprint density at radius 1 is 0.838 bits per heavy atom. The zero-order valence-electron chi connectivity index (χ0n) is 42.2. The quantitative estimate of drug-likeness (QED) is 0.0840. The van der Waals surface area contributed by atoms with Crippen molar-refractivity contribution >= 4 is 47.3 Å². The zero-order chi connectivity index (χ0) is 50.6. The lowest BCUT2D eigenvalue weighted by molar-refractivity contribution is -0.149. The van der Waals surface area contributed by atoms with Crippen molar-refractivity contribution in [1.29, 1.82) is 0 Å². The third-order valence-corrected chi connectivity index (χ3v) is 14.5. The van der Waals surface area contributed by atoms with Crippen LogP contribution in [0.5, 0.6) is 0 Å². The number of unbranched alkanes of at least 4 members (excludes halogenated alkanes) is 2. The number of hydrogen-bond acceptors (Lipinski definition) is 10. The molecule has 3 N–H and O–H groups in total. The number of carboxylic acids is 1. The maximum Gasteiger partial charge on any atom is 0.326 e. The maximum atomic E-state index is 14.7. The van der Waals surface area contributed by atoms with E-state index in [2.05, 4.69) is 10.6 Å². The van der Waals surface area contributed by atoms with E-state index < -0.39 is 66.1 Å². The van der Waals surface area contributed by atoms with Crippen molar-refractivity contribution in [2.45, 2.75) is 155 Å². The number of carbonyl (C=O) groups is 8. The van der Waals surface area contributed by atoms with Crippen molar-refractivity contribution in [3.63, 3.8) is 0 Å². The monoisotopic (exact) mass is 951 g/mol. The summed E-state index contributed by atoms with van der Waals surface area (Å²) in [6, 6.07) is 5.01. The fourth-order valence-electron chi connectivity index (χ4n) is 10.0. The van der Waals surface area contributed by atoms with Crippen LogP contribution in [0.1, 0.15) is 112 Å². The number of hydrogen-bond donors (Lipinski definition) is 3. The molecule has 2 aliphatic heterocycles. The standard InChI is InChI=1S/C51H78N6O11/c1-12-33(6)45(55(9)49(64)43(31(2)3)53-48(63)44(32(4)5)54(8)39(58)21-17-14-18-26-56-40(59)22-23-41(56)60)38(67-10)28-42(61)57-30-51(24-25-51)29-37(57)46(68-11)34(7)47(62)52-36(50(65)66)27-35-19-15-13-16-20-35/h13,15-16,19-20,22-23,31-34,36-38,43-46H,12,14,17-18,21,24-30H2,1-11H3,(H,52,62)(H,53,63)(H,65,66)/t33-,34?,36?,37-,38?,43-,44?,45-,46+/m0/s1. The van der Waals surface area contributed by atoms with Crippen LogP contribution < -0.4 is 10.6 Å². The highest BCUT2D eigenvalue weighted by Crippen LogP contribution is 2.56. The molecular formula is C51H78N6O11. The second-order valence-corrected chi connectivity index (χ2v) is 20.1. The smallest absolute Gasteiger partial charge is 0.326 e. The molecule has 1 spiro atoms. The van der Waals surface area contributed by atoms with Crippen LogP contribution in [-0.2, 0) is 54.3 Å². The minimum absolute atomic E-state index is 0.0718. The average Bonchev–Trinajstić information content (AvgIpc) is 3.85. The van der Waals surface area contributed by atoms with E-state index in [4.69, 9.17) is 9.47 Å². The fraction of sp³-hybridized carbons (Fsp3) is 0.686. The van der Waals surface area contributed by atoms with E-state index in [1.54, 1.807) is 43.0 Å². The number of rotatable bonds is 27. The second kappa shape index (κ2) is 24.9. The summed E-state index contributed by atoms with van der Waals surface area (Å²) in [7, 11) is 6.27. The first-order chi connectivity index (χ1) is 32.1. The van der Waals surface area contributed by atoms with E-state index >= 15 is 0 Å². The van der Waals surface area contributed by atoms with Gasteiger partial charge in [-0.05, 0) is 60.8 Å². The van der Waals surface area contributed by atoms with E-state index in [-0.39, 0.29) is 78.5 Å². The van der Waals surface area contributed by atoms with Gasteiger partial charge in [0.05, 0.1) is 36.6 Å². The average molecular weight is 951 g/mol. The second-order valence-electron chi connectivity index (χ2n) is 20.1. The number of benzene rings is 1. The maximum absolute atomic E-state index is 14.7. The van der Waals surface area contributed by atoms with Crippen LogP contribution in [0.4, 0.5) is 0 Å². The molecule has 1 saturated heterocycles. The number of carboxylic acid groups (broad SMARTS) is 1. The van der Waals surface area contributed by atoms with Gasteiger partial charge in [-0.3, -0.25) is 38.5 Å². The van der Waals surface area contributed by atoms with Gasteiger partial charge in [0.2, 0.25) is 29.5 Å². The van der Waals surface area contributed by atoms with Crippen molar-refractivity contribution in [3.8, 4) is 0 Å². The van der Waals surface area contributed by atoms with Crippen molar-refractivity contribution < 1.29 is 52.9 Å². The first-order valence-electron chi connectivity index (χ1n) is 24.4. The molecule has 4 unspecified atom stereocenters. The number of methoxy groups -OCH3 is 2. The number of nitrogens with zero attached hydrogens (tertiary/aromatic N) is 4. The van der Waals surface area contributed by atoms with Gasteiger partial charge in [0, 0.05) is 66.4 Å². The zero-order valence-corrected chi connectivity index (χ0v) is 42.2. The van der Waals surface area contributed by atoms with Crippen LogP contribution in [0.15, 0.2) is 42.5 Å². The third-order valence-electron chi connectivity index (χ3n) is 14.5. The molecule has 3 aliphatic rings. The molecule has 7 amide bonds. The molecule has 17 heteroatoms. The van der Waals surface area contributed by atoms with Crippen LogP contribution in [-0.4, -0.2) is 156 Å². The number of likely N-dealkylation sites (tertiary alicyclic amines) is 1. The molecule has 378 valence electrons. The summed E-state index contributed by atoms with van der Waals surface area (Å²) in [6.45, 7) is 13.8. The summed E-state index contributed by atoms with van der Waals surface area (Å²) in [5.74, 6) is -5.18. The Kier molecular flexibility index (Phi) is 20.3. The molecule has 1 aliphatic carbocycles.